The number of hydrogen-bond donors (Lipinski definition) is 1. The SMILES string of the molecule is C=C(C)c1nc(N)c2c(n1)N(C)CC2C. The topological polar surface area (TPSA) is 55.0 Å². The first kappa shape index (κ1) is 9.96. The predicted octanol–water partition coefficient (Wildman–Crippen LogP) is 1.65. The highest BCUT2D eigenvalue weighted by Crippen LogP contribution is 2.36. The number of aromatic nitrogens is 2. The van der Waals surface area contributed by atoms with Crippen LogP contribution in [0.3, 0.4) is 0 Å². The highest BCUT2D eigenvalue weighted by molar-refractivity contribution is 5.67. The fourth-order valence-electron chi connectivity index (χ4n) is 2.02. The van der Waals surface area contributed by atoms with E-state index in [1.54, 1.807) is 0 Å². The molecule has 0 saturated heterocycles. The van der Waals surface area contributed by atoms with E-state index in [-0.39, 0.29) is 0 Å². The number of fused-ring (bicyclic) bond motifs is 1. The van der Waals surface area contributed by atoms with Crippen LogP contribution in [0.15, 0.2) is 6.58 Å². The Morgan fingerprint density at radius 3 is 2.80 bits per heavy atom. The molecule has 1 aromatic heterocycles. The molecule has 1 atom stereocenters. The molecule has 2 N–H and O–H groups in total. The summed E-state index contributed by atoms with van der Waals surface area (Å²) >= 11 is 0. The van der Waals surface area contributed by atoms with Gasteiger partial charge in [-0.2, -0.15) is 0 Å². The predicted molar refractivity (Wildman–Crippen MR) is 62.8 cm³/mol. The second-order valence-corrected chi connectivity index (χ2v) is 4.23. The molecule has 2 heterocycles. The molecule has 1 aliphatic heterocycles. The van der Waals surface area contributed by atoms with Gasteiger partial charge in [0.1, 0.15) is 11.6 Å². The van der Waals surface area contributed by atoms with Crippen molar-refractivity contribution in [2.45, 2.75) is 19.8 Å². The monoisotopic (exact) mass is 204 g/mol. The molecule has 1 unspecified atom stereocenters. The Kier molecular flexibility index (Phi) is 2.14. The maximum absolute atomic E-state index is 5.94. The lowest BCUT2D eigenvalue weighted by atomic mass is 10.1. The van der Waals surface area contributed by atoms with Gasteiger partial charge in [0.2, 0.25) is 0 Å². The molecule has 0 aromatic carbocycles. The number of likely N-dealkylation sites (N-methyl/N-ethyl adjacent to an activating group) is 1. The standard InChI is InChI=1S/C11H16N4/c1-6(2)10-13-9(12)8-7(3)5-15(4)11(8)14-10/h7H,1,5H2,2-4H3,(H2,12,13,14). The molecule has 0 fully saturated rings. The average Bonchev–Trinajstić information content (AvgIpc) is 2.42. The number of nitrogen functional groups attached to an aromatic ring is 1. The smallest absolute Gasteiger partial charge is 0.158 e. The Balaban J connectivity index is 2.61. The quantitative estimate of drug-likeness (QED) is 0.755. The number of hydrogen-bond acceptors (Lipinski definition) is 4. The minimum absolute atomic E-state index is 0.407. The van der Waals surface area contributed by atoms with Crippen LogP contribution in [0.4, 0.5) is 11.6 Å². The van der Waals surface area contributed by atoms with Crippen molar-refractivity contribution in [3.05, 3.63) is 18.0 Å². The van der Waals surface area contributed by atoms with E-state index in [1.165, 1.54) is 0 Å². The van der Waals surface area contributed by atoms with Crippen LogP contribution in [0.2, 0.25) is 0 Å². The molecule has 0 spiro atoms. The summed E-state index contributed by atoms with van der Waals surface area (Å²) in [5.41, 5.74) is 7.86. The lowest BCUT2D eigenvalue weighted by Crippen LogP contribution is -2.15. The summed E-state index contributed by atoms with van der Waals surface area (Å²) in [6, 6.07) is 0. The van der Waals surface area contributed by atoms with Crippen LogP contribution in [0.1, 0.15) is 31.2 Å². The number of rotatable bonds is 1. The van der Waals surface area contributed by atoms with E-state index in [0.717, 1.165) is 23.5 Å². The molecule has 4 nitrogen and oxygen atoms in total. The first-order valence-corrected chi connectivity index (χ1v) is 5.05. The number of nitrogens with zero attached hydrogens (tertiary/aromatic N) is 3. The first-order valence-electron chi connectivity index (χ1n) is 5.05. The number of allylic oxidation sites excluding steroid dienone is 1. The van der Waals surface area contributed by atoms with Crippen LogP contribution in [0, 0.1) is 0 Å². The molecule has 0 radical (unpaired) electrons. The minimum Gasteiger partial charge on any atom is -0.383 e. The van der Waals surface area contributed by atoms with Gasteiger partial charge in [-0.05, 0) is 12.5 Å². The Morgan fingerprint density at radius 2 is 2.20 bits per heavy atom. The van der Waals surface area contributed by atoms with E-state index in [9.17, 15) is 0 Å². The van der Waals surface area contributed by atoms with Gasteiger partial charge >= 0.3 is 0 Å². The van der Waals surface area contributed by atoms with Crippen LogP contribution in [0.5, 0.6) is 0 Å². The van der Waals surface area contributed by atoms with Crippen molar-refractivity contribution >= 4 is 17.2 Å². The van der Waals surface area contributed by atoms with Gasteiger partial charge in [-0.3, -0.25) is 0 Å². The third kappa shape index (κ3) is 1.46. The van der Waals surface area contributed by atoms with Crippen molar-refractivity contribution in [1.82, 2.24) is 9.97 Å². The number of nitrogens with two attached hydrogens (primary N) is 1. The van der Waals surface area contributed by atoms with Crippen molar-refractivity contribution in [2.24, 2.45) is 0 Å². The van der Waals surface area contributed by atoms with E-state index in [0.29, 0.717) is 17.6 Å². The van der Waals surface area contributed by atoms with Gasteiger partial charge in [-0.25, -0.2) is 9.97 Å². The first-order chi connectivity index (χ1) is 7.00. The zero-order valence-corrected chi connectivity index (χ0v) is 9.41. The molecule has 1 aromatic rings. The lowest BCUT2D eigenvalue weighted by Gasteiger charge is -2.12. The van der Waals surface area contributed by atoms with Gasteiger partial charge in [0.15, 0.2) is 5.82 Å². The van der Waals surface area contributed by atoms with Gasteiger partial charge < -0.3 is 10.6 Å². The number of anilines is 2. The van der Waals surface area contributed by atoms with Gasteiger partial charge in [-0.1, -0.05) is 13.5 Å². The zero-order chi connectivity index (χ0) is 11.2. The van der Waals surface area contributed by atoms with Crippen LogP contribution >= 0.6 is 0 Å². The fraction of sp³-hybridized carbons (Fsp3) is 0.455. The molecule has 4 heteroatoms. The molecule has 2 rings (SSSR count). The van der Waals surface area contributed by atoms with E-state index >= 15 is 0 Å². The summed E-state index contributed by atoms with van der Waals surface area (Å²) in [5, 5.41) is 0. The van der Waals surface area contributed by atoms with Gasteiger partial charge in [-0.15, -0.1) is 0 Å². The van der Waals surface area contributed by atoms with Gasteiger partial charge in [0, 0.05) is 25.1 Å². The molecule has 1 aliphatic rings. The van der Waals surface area contributed by atoms with Crippen LogP contribution in [-0.4, -0.2) is 23.6 Å². The normalized spacial score (nSPS) is 19.1. The Bertz CT molecular complexity index is 425. The van der Waals surface area contributed by atoms with Crippen molar-refractivity contribution in [3.8, 4) is 0 Å². The highest BCUT2D eigenvalue weighted by Gasteiger charge is 2.28. The summed E-state index contributed by atoms with van der Waals surface area (Å²) in [6.07, 6.45) is 0. The van der Waals surface area contributed by atoms with Crippen molar-refractivity contribution in [3.63, 3.8) is 0 Å². The molecule has 80 valence electrons. The van der Waals surface area contributed by atoms with E-state index < -0.39 is 0 Å². The summed E-state index contributed by atoms with van der Waals surface area (Å²) in [7, 11) is 2.02. The Hall–Kier alpha value is -1.58. The van der Waals surface area contributed by atoms with Crippen molar-refractivity contribution in [2.75, 3.05) is 24.2 Å². The molecular weight excluding hydrogens is 188 g/mol. The van der Waals surface area contributed by atoms with Crippen molar-refractivity contribution in [1.29, 1.82) is 0 Å². The zero-order valence-electron chi connectivity index (χ0n) is 9.41. The molecule has 0 saturated carbocycles. The van der Waals surface area contributed by atoms with Crippen molar-refractivity contribution < 1.29 is 0 Å². The molecule has 0 bridgehead atoms. The minimum atomic E-state index is 0.407. The third-order valence-electron chi connectivity index (χ3n) is 2.74. The summed E-state index contributed by atoms with van der Waals surface area (Å²) in [4.78, 5) is 10.9. The summed E-state index contributed by atoms with van der Waals surface area (Å²) in [5.74, 6) is 2.60. The average molecular weight is 204 g/mol. The van der Waals surface area contributed by atoms with E-state index in [1.807, 2.05) is 14.0 Å². The third-order valence-corrected chi connectivity index (χ3v) is 2.74. The molecule has 15 heavy (non-hydrogen) atoms. The molecular formula is C11H16N4. The second kappa shape index (κ2) is 3.22. The second-order valence-electron chi connectivity index (χ2n) is 4.23. The largest absolute Gasteiger partial charge is 0.383 e. The fourth-order valence-corrected chi connectivity index (χ4v) is 2.02. The van der Waals surface area contributed by atoms with Gasteiger partial charge in [0.05, 0.1) is 0 Å². The summed E-state index contributed by atoms with van der Waals surface area (Å²) in [6.45, 7) is 8.82. The van der Waals surface area contributed by atoms with E-state index in [2.05, 4.69) is 28.4 Å². The van der Waals surface area contributed by atoms with Crippen LogP contribution in [-0.2, 0) is 0 Å². The highest BCUT2D eigenvalue weighted by atomic mass is 15.2. The van der Waals surface area contributed by atoms with Crippen LogP contribution < -0.4 is 10.6 Å². The molecule has 0 aliphatic carbocycles. The van der Waals surface area contributed by atoms with Crippen LogP contribution in [0.25, 0.3) is 5.57 Å². The Labute approximate surface area is 89.8 Å². The van der Waals surface area contributed by atoms with E-state index in [4.69, 9.17) is 5.73 Å². The van der Waals surface area contributed by atoms with Gasteiger partial charge in [0.25, 0.3) is 0 Å². The molecule has 0 amide bonds. The Morgan fingerprint density at radius 1 is 1.53 bits per heavy atom. The lowest BCUT2D eigenvalue weighted by molar-refractivity contribution is 0.796. The maximum atomic E-state index is 5.94. The maximum Gasteiger partial charge on any atom is 0.158 e. The summed E-state index contributed by atoms with van der Waals surface area (Å²) < 4.78 is 0.